The number of hydrogen-bond acceptors (Lipinski definition) is 0. The first-order valence-electron chi connectivity index (χ1n) is 6.59. The lowest BCUT2D eigenvalue weighted by molar-refractivity contribution is 0.798. The second kappa shape index (κ2) is 4.41. The highest BCUT2D eigenvalue weighted by Gasteiger charge is 2.20. The van der Waals surface area contributed by atoms with Crippen LogP contribution < -0.4 is 10.9 Å². The first-order chi connectivity index (χ1) is 8.40. The summed E-state index contributed by atoms with van der Waals surface area (Å²) >= 11 is 0. The van der Waals surface area contributed by atoms with Crippen LogP contribution in [0.3, 0.4) is 0 Å². The average Bonchev–Trinajstić information content (AvgIpc) is 2.75. The zero-order valence-electron chi connectivity index (χ0n) is 10.4. The molecule has 0 radical (unpaired) electrons. The molecule has 0 spiro atoms. The zero-order chi connectivity index (χ0) is 11.7. The molecule has 0 amide bonds. The van der Waals surface area contributed by atoms with Crippen LogP contribution in [0, 0.1) is 0 Å². The highest BCUT2D eigenvalue weighted by Crippen LogP contribution is 2.21. The van der Waals surface area contributed by atoms with Crippen molar-refractivity contribution in [2.75, 3.05) is 0 Å². The Labute approximate surface area is 104 Å². The van der Waals surface area contributed by atoms with E-state index < -0.39 is 0 Å². The predicted molar refractivity (Wildman–Crippen MR) is 76.9 cm³/mol. The molecule has 0 N–H and O–H groups in total. The van der Waals surface area contributed by atoms with Crippen LogP contribution in [0.4, 0.5) is 0 Å². The van der Waals surface area contributed by atoms with Crippen LogP contribution in [0.1, 0.15) is 25.3 Å². The van der Waals surface area contributed by atoms with Gasteiger partial charge in [-0.3, -0.25) is 0 Å². The lowest BCUT2D eigenvalue weighted by atomic mass is 9.66. The van der Waals surface area contributed by atoms with Crippen LogP contribution in [0.15, 0.2) is 42.5 Å². The number of hydrogen-bond donors (Lipinski definition) is 0. The molecule has 1 heterocycles. The predicted octanol–water partition coefficient (Wildman–Crippen LogP) is 2.40. The van der Waals surface area contributed by atoms with E-state index in [1.165, 1.54) is 35.9 Å². The molecule has 2 aromatic carbocycles. The second-order valence-corrected chi connectivity index (χ2v) is 4.88. The Kier molecular flexibility index (Phi) is 2.76. The summed E-state index contributed by atoms with van der Waals surface area (Å²) in [6.45, 7) is 2.26. The van der Waals surface area contributed by atoms with Crippen molar-refractivity contribution in [2.45, 2.75) is 26.2 Å². The third kappa shape index (κ3) is 1.80. The van der Waals surface area contributed by atoms with Gasteiger partial charge in [0.05, 0.1) is 0 Å². The van der Waals surface area contributed by atoms with Gasteiger partial charge in [0, 0.05) is 0 Å². The van der Waals surface area contributed by atoms with Crippen molar-refractivity contribution in [2.24, 2.45) is 0 Å². The van der Waals surface area contributed by atoms with E-state index in [2.05, 4.69) is 49.4 Å². The molecule has 0 bridgehead atoms. The standard InChI is InChI=1S/C16H17B/c1-2-3-7-12-8-6-10-14-13-9-4-5-11-15(13)17-16(12)14/h4-6,8-11,17H,2-3,7H2,1H3. The van der Waals surface area contributed by atoms with Gasteiger partial charge >= 0.3 is 0 Å². The van der Waals surface area contributed by atoms with Crippen molar-refractivity contribution < 1.29 is 0 Å². The molecule has 1 aliphatic heterocycles. The molecular weight excluding hydrogens is 203 g/mol. The van der Waals surface area contributed by atoms with Gasteiger partial charge in [0.1, 0.15) is 0 Å². The van der Waals surface area contributed by atoms with E-state index in [4.69, 9.17) is 0 Å². The van der Waals surface area contributed by atoms with Crippen LogP contribution in [0.25, 0.3) is 11.1 Å². The molecule has 0 unspecified atom stereocenters. The Morgan fingerprint density at radius 3 is 2.65 bits per heavy atom. The van der Waals surface area contributed by atoms with Gasteiger partial charge in [0.15, 0.2) is 7.28 Å². The minimum absolute atomic E-state index is 1.13. The summed E-state index contributed by atoms with van der Waals surface area (Å²) in [6, 6.07) is 15.6. The first-order valence-corrected chi connectivity index (χ1v) is 6.59. The first kappa shape index (κ1) is 10.6. The molecule has 1 aliphatic rings. The highest BCUT2D eigenvalue weighted by atomic mass is 14.1. The fraction of sp³-hybridized carbons (Fsp3) is 0.250. The fourth-order valence-electron chi connectivity index (χ4n) is 2.82. The van der Waals surface area contributed by atoms with E-state index in [1.54, 1.807) is 11.0 Å². The Hall–Kier alpha value is -1.50. The molecule has 2 aromatic rings. The van der Waals surface area contributed by atoms with Gasteiger partial charge in [-0.2, -0.15) is 0 Å². The van der Waals surface area contributed by atoms with E-state index in [1.807, 2.05) is 0 Å². The summed E-state index contributed by atoms with van der Waals surface area (Å²) in [5.74, 6) is 0. The molecule has 0 nitrogen and oxygen atoms in total. The highest BCUT2D eigenvalue weighted by molar-refractivity contribution is 6.73. The van der Waals surface area contributed by atoms with Crippen LogP contribution in [-0.2, 0) is 6.42 Å². The molecule has 1 heteroatoms. The van der Waals surface area contributed by atoms with Crippen molar-refractivity contribution in [1.82, 2.24) is 0 Å². The summed E-state index contributed by atoms with van der Waals surface area (Å²) in [7, 11) is 1.13. The normalized spacial score (nSPS) is 11.8. The molecule has 0 aromatic heterocycles. The lowest BCUT2D eigenvalue weighted by Gasteiger charge is -2.07. The van der Waals surface area contributed by atoms with Crippen molar-refractivity contribution in [3.8, 4) is 11.1 Å². The molecular formula is C16H17B. The van der Waals surface area contributed by atoms with Gasteiger partial charge < -0.3 is 0 Å². The van der Waals surface area contributed by atoms with Gasteiger partial charge in [-0.05, 0) is 24.0 Å². The minimum Gasteiger partial charge on any atom is -0.0709 e. The average molecular weight is 220 g/mol. The number of rotatable bonds is 3. The van der Waals surface area contributed by atoms with E-state index in [0.717, 1.165) is 7.28 Å². The summed E-state index contributed by atoms with van der Waals surface area (Å²) in [4.78, 5) is 0. The number of unbranched alkanes of at least 4 members (excludes halogenated alkanes) is 1. The van der Waals surface area contributed by atoms with Crippen LogP contribution in [-0.4, -0.2) is 7.28 Å². The Balaban J connectivity index is 2.05. The van der Waals surface area contributed by atoms with Crippen LogP contribution >= 0.6 is 0 Å². The van der Waals surface area contributed by atoms with Gasteiger partial charge in [0.25, 0.3) is 0 Å². The maximum atomic E-state index is 2.31. The summed E-state index contributed by atoms with van der Waals surface area (Å²) < 4.78 is 0. The summed E-state index contributed by atoms with van der Waals surface area (Å²) in [6.07, 6.45) is 3.80. The van der Waals surface area contributed by atoms with Gasteiger partial charge in [-0.1, -0.05) is 72.3 Å². The molecule has 0 atom stereocenters. The molecule has 3 rings (SSSR count). The molecule has 0 aliphatic carbocycles. The fourth-order valence-corrected chi connectivity index (χ4v) is 2.82. The zero-order valence-corrected chi connectivity index (χ0v) is 10.4. The Morgan fingerprint density at radius 2 is 1.76 bits per heavy atom. The SMILES string of the molecule is CCCCc1cccc2c1Bc1ccccc1-2. The quantitative estimate of drug-likeness (QED) is 0.594. The molecule has 0 fully saturated rings. The number of fused-ring (bicyclic) bond motifs is 3. The van der Waals surface area contributed by atoms with Gasteiger partial charge in [-0.25, -0.2) is 0 Å². The summed E-state index contributed by atoms with van der Waals surface area (Å²) in [5.41, 5.74) is 7.53. The van der Waals surface area contributed by atoms with E-state index in [9.17, 15) is 0 Å². The Morgan fingerprint density at radius 1 is 0.941 bits per heavy atom. The molecule has 0 saturated carbocycles. The minimum atomic E-state index is 1.13. The van der Waals surface area contributed by atoms with E-state index >= 15 is 0 Å². The maximum absolute atomic E-state index is 2.31. The van der Waals surface area contributed by atoms with Crippen molar-refractivity contribution in [1.29, 1.82) is 0 Å². The second-order valence-electron chi connectivity index (χ2n) is 4.88. The molecule has 17 heavy (non-hydrogen) atoms. The molecule has 0 saturated heterocycles. The van der Waals surface area contributed by atoms with Gasteiger partial charge in [0.2, 0.25) is 0 Å². The van der Waals surface area contributed by atoms with Crippen LogP contribution in [0.5, 0.6) is 0 Å². The van der Waals surface area contributed by atoms with E-state index in [-0.39, 0.29) is 0 Å². The third-order valence-electron chi connectivity index (χ3n) is 3.75. The monoisotopic (exact) mass is 220 g/mol. The van der Waals surface area contributed by atoms with Crippen molar-refractivity contribution in [3.63, 3.8) is 0 Å². The largest absolute Gasteiger partial charge is 0.194 e. The molecule has 84 valence electrons. The third-order valence-corrected chi connectivity index (χ3v) is 3.75. The van der Waals surface area contributed by atoms with E-state index in [0.29, 0.717) is 0 Å². The number of benzene rings is 2. The van der Waals surface area contributed by atoms with Crippen LogP contribution in [0.2, 0.25) is 0 Å². The Bertz CT molecular complexity index is 543. The smallest absolute Gasteiger partial charge is 0.0709 e. The van der Waals surface area contributed by atoms with Crippen molar-refractivity contribution in [3.05, 3.63) is 48.0 Å². The lowest BCUT2D eigenvalue weighted by Crippen LogP contribution is -2.24. The van der Waals surface area contributed by atoms with Gasteiger partial charge in [-0.15, -0.1) is 0 Å². The number of aryl methyl sites for hydroxylation is 1. The van der Waals surface area contributed by atoms with Crippen molar-refractivity contribution >= 4 is 18.2 Å². The summed E-state index contributed by atoms with van der Waals surface area (Å²) in [5, 5.41) is 0. The maximum Gasteiger partial charge on any atom is 0.194 e. The topological polar surface area (TPSA) is 0 Å².